The van der Waals surface area contributed by atoms with Crippen LogP contribution in [0.5, 0.6) is 17.2 Å². The van der Waals surface area contributed by atoms with Crippen LogP contribution >= 0.6 is 0 Å². The van der Waals surface area contributed by atoms with Gasteiger partial charge in [0.2, 0.25) is 5.75 Å². The van der Waals surface area contributed by atoms with Crippen LogP contribution in [0.3, 0.4) is 0 Å². The summed E-state index contributed by atoms with van der Waals surface area (Å²) in [5, 5.41) is 3.44. The van der Waals surface area contributed by atoms with Gasteiger partial charge in [-0.1, -0.05) is 0 Å². The second-order valence-electron chi connectivity index (χ2n) is 4.37. The fraction of sp³-hybridized carbons (Fsp3) is 0.571. The lowest BCUT2D eigenvalue weighted by molar-refractivity contribution is 0.290. The molecule has 1 aromatic carbocycles. The van der Waals surface area contributed by atoms with Crippen molar-refractivity contribution in [1.29, 1.82) is 0 Å². The summed E-state index contributed by atoms with van der Waals surface area (Å²) >= 11 is 0. The molecule has 0 bridgehead atoms. The van der Waals surface area contributed by atoms with Crippen molar-refractivity contribution in [3.05, 3.63) is 17.2 Å². The molecule has 1 aromatic rings. The Balaban J connectivity index is 2.61. The van der Waals surface area contributed by atoms with E-state index in [4.69, 9.17) is 14.2 Å². The molecule has 1 N–H and O–H groups in total. The predicted molar refractivity (Wildman–Crippen MR) is 70.8 cm³/mol. The monoisotopic (exact) mass is 251 g/mol. The summed E-state index contributed by atoms with van der Waals surface area (Å²) in [6, 6.07) is 2.36. The molecule has 0 spiro atoms. The average Bonchev–Trinajstić information content (AvgIpc) is 2.39. The number of methoxy groups -OCH3 is 2. The summed E-state index contributed by atoms with van der Waals surface area (Å²) in [6.45, 7) is 5.72. The Morgan fingerprint density at radius 2 is 2.06 bits per heavy atom. The maximum Gasteiger partial charge on any atom is 0.203 e. The Hall–Kier alpha value is -1.42. The van der Waals surface area contributed by atoms with E-state index in [-0.39, 0.29) is 0 Å². The molecule has 1 aliphatic heterocycles. The van der Waals surface area contributed by atoms with E-state index in [0.717, 1.165) is 24.5 Å². The maximum absolute atomic E-state index is 5.78. The lowest BCUT2D eigenvalue weighted by Crippen LogP contribution is -2.28. The van der Waals surface area contributed by atoms with Crippen LogP contribution < -0.4 is 19.5 Å². The smallest absolute Gasteiger partial charge is 0.203 e. The van der Waals surface area contributed by atoms with Crippen molar-refractivity contribution in [3.8, 4) is 17.2 Å². The second-order valence-corrected chi connectivity index (χ2v) is 4.37. The molecule has 1 aliphatic rings. The van der Waals surface area contributed by atoms with Crippen LogP contribution in [0.15, 0.2) is 6.07 Å². The SMILES string of the molecule is CCOc1c2c(cc(OC)c1OC)C(C)NCC2. The summed E-state index contributed by atoms with van der Waals surface area (Å²) in [5.41, 5.74) is 2.48. The van der Waals surface area contributed by atoms with E-state index in [1.54, 1.807) is 14.2 Å². The highest BCUT2D eigenvalue weighted by atomic mass is 16.5. The second kappa shape index (κ2) is 5.48. The van der Waals surface area contributed by atoms with E-state index < -0.39 is 0 Å². The van der Waals surface area contributed by atoms with Crippen molar-refractivity contribution < 1.29 is 14.2 Å². The van der Waals surface area contributed by atoms with Gasteiger partial charge in [0.15, 0.2) is 11.5 Å². The summed E-state index contributed by atoms with van der Waals surface area (Å²) in [6.07, 6.45) is 0.954. The van der Waals surface area contributed by atoms with Crippen LogP contribution in [0.1, 0.15) is 31.0 Å². The van der Waals surface area contributed by atoms with Gasteiger partial charge in [-0.25, -0.2) is 0 Å². The summed E-state index contributed by atoms with van der Waals surface area (Å²) in [4.78, 5) is 0. The number of benzene rings is 1. The molecule has 0 saturated heterocycles. The summed E-state index contributed by atoms with van der Waals surface area (Å²) < 4.78 is 16.6. The summed E-state index contributed by atoms with van der Waals surface area (Å²) in [7, 11) is 3.30. The van der Waals surface area contributed by atoms with E-state index in [2.05, 4.69) is 12.2 Å². The molecule has 0 aromatic heterocycles. The van der Waals surface area contributed by atoms with Crippen molar-refractivity contribution in [2.24, 2.45) is 0 Å². The van der Waals surface area contributed by atoms with Crippen LogP contribution in [0, 0.1) is 0 Å². The predicted octanol–water partition coefficient (Wildman–Crippen LogP) is 2.31. The zero-order chi connectivity index (χ0) is 13.1. The van der Waals surface area contributed by atoms with E-state index in [1.165, 1.54) is 11.1 Å². The molecular formula is C14H21NO3. The first-order valence-corrected chi connectivity index (χ1v) is 6.36. The minimum absolute atomic E-state index is 0.313. The number of rotatable bonds is 4. The minimum Gasteiger partial charge on any atom is -0.493 e. The largest absolute Gasteiger partial charge is 0.493 e. The maximum atomic E-state index is 5.78. The zero-order valence-corrected chi connectivity index (χ0v) is 11.5. The Bertz CT molecular complexity index is 432. The molecule has 1 unspecified atom stereocenters. The molecule has 4 nitrogen and oxygen atoms in total. The lowest BCUT2D eigenvalue weighted by atomic mass is 9.93. The highest BCUT2D eigenvalue weighted by Crippen LogP contribution is 2.44. The third-order valence-electron chi connectivity index (χ3n) is 3.34. The fourth-order valence-electron chi connectivity index (χ4n) is 2.48. The van der Waals surface area contributed by atoms with Gasteiger partial charge in [-0.05, 0) is 38.4 Å². The standard InChI is InChI=1S/C14H21NO3/c1-5-18-13-10-6-7-15-9(2)11(10)8-12(16-3)14(13)17-4/h8-9,15H,5-7H2,1-4H3. The van der Waals surface area contributed by atoms with Crippen LogP contribution in [0.2, 0.25) is 0 Å². The van der Waals surface area contributed by atoms with Crippen molar-refractivity contribution in [3.63, 3.8) is 0 Å². The van der Waals surface area contributed by atoms with Crippen molar-refractivity contribution >= 4 is 0 Å². The lowest BCUT2D eigenvalue weighted by Gasteiger charge is -2.28. The van der Waals surface area contributed by atoms with E-state index >= 15 is 0 Å². The fourth-order valence-corrected chi connectivity index (χ4v) is 2.48. The first-order valence-electron chi connectivity index (χ1n) is 6.36. The van der Waals surface area contributed by atoms with E-state index in [9.17, 15) is 0 Å². The van der Waals surface area contributed by atoms with Crippen molar-refractivity contribution in [2.45, 2.75) is 26.3 Å². The van der Waals surface area contributed by atoms with Crippen molar-refractivity contribution in [1.82, 2.24) is 5.32 Å². The van der Waals surface area contributed by atoms with E-state index in [0.29, 0.717) is 18.4 Å². The van der Waals surface area contributed by atoms with Crippen LogP contribution in [0.4, 0.5) is 0 Å². The topological polar surface area (TPSA) is 39.7 Å². The minimum atomic E-state index is 0.313. The highest BCUT2D eigenvalue weighted by Gasteiger charge is 2.25. The number of nitrogens with one attached hydrogen (secondary N) is 1. The van der Waals surface area contributed by atoms with Gasteiger partial charge >= 0.3 is 0 Å². The molecule has 0 amide bonds. The molecule has 18 heavy (non-hydrogen) atoms. The summed E-state index contributed by atoms with van der Waals surface area (Å²) in [5.74, 6) is 2.27. The molecule has 1 heterocycles. The molecular weight excluding hydrogens is 230 g/mol. The Morgan fingerprint density at radius 1 is 1.28 bits per heavy atom. The van der Waals surface area contributed by atoms with Gasteiger partial charge in [0.05, 0.1) is 20.8 Å². The normalized spacial score (nSPS) is 18.1. The van der Waals surface area contributed by atoms with Crippen LogP contribution in [-0.2, 0) is 6.42 Å². The molecule has 0 fully saturated rings. The number of hydrogen-bond donors (Lipinski definition) is 1. The molecule has 0 radical (unpaired) electrons. The Kier molecular flexibility index (Phi) is 3.97. The van der Waals surface area contributed by atoms with Gasteiger partial charge in [0.25, 0.3) is 0 Å². The average molecular weight is 251 g/mol. The van der Waals surface area contributed by atoms with Gasteiger partial charge in [0, 0.05) is 11.6 Å². The molecule has 0 aliphatic carbocycles. The number of ether oxygens (including phenoxy) is 3. The first-order chi connectivity index (χ1) is 8.72. The third kappa shape index (κ3) is 2.12. The molecule has 2 rings (SSSR count). The number of fused-ring (bicyclic) bond motifs is 1. The Morgan fingerprint density at radius 3 is 2.67 bits per heavy atom. The van der Waals surface area contributed by atoms with Gasteiger partial charge in [-0.15, -0.1) is 0 Å². The molecule has 100 valence electrons. The third-order valence-corrected chi connectivity index (χ3v) is 3.34. The number of hydrogen-bond acceptors (Lipinski definition) is 4. The molecule has 4 heteroatoms. The van der Waals surface area contributed by atoms with Crippen molar-refractivity contribution in [2.75, 3.05) is 27.4 Å². The zero-order valence-electron chi connectivity index (χ0n) is 11.5. The van der Waals surface area contributed by atoms with Gasteiger partial charge in [0.1, 0.15) is 0 Å². The Labute approximate surface area is 108 Å². The van der Waals surface area contributed by atoms with Crippen LogP contribution in [0.25, 0.3) is 0 Å². The van der Waals surface area contributed by atoms with Crippen LogP contribution in [-0.4, -0.2) is 27.4 Å². The van der Waals surface area contributed by atoms with Gasteiger partial charge in [-0.2, -0.15) is 0 Å². The highest BCUT2D eigenvalue weighted by molar-refractivity contribution is 5.60. The van der Waals surface area contributed by atoms with Gasteiger partial charge < -0.3 is 19.5 Å². The van der Waals surface area contributed by atoms with Gasteiger partial charge in [-0.3, -0.25) is 0 Å². The quantitative estimate of drug-likeness (QED) is 0.891. The molecule has 1 atom stereocenters. The first kappa shape index (κ1) is 13.0. The van der Waals surface area contributed by atoms with E-state index in [1.807, 2.05) is 13.0 Å². The molecule has 0 saturated carbocycles.